The van der Waals surface area contributed by atoms with Gasteiger partial charge in [0.1, 0.15) is 0 Å². The summed E-state index contributed by atoms with van der Waals surface area (Å²) in [6.07, 6.45) is -9.35. The Morgan fingerprint density at radius 1 is 1.47 bits per heavy atom. The van der Waals surface area contributed by atoms with Gasteiger partial charge in [0.15, 0.2) is 0 Å². The van der Waals surface area contributed by atoms with E-state index in [2.05, 4.69) is 9.72 Å². The number of carboxylic acid groups (broad SMARTS) is 1. The summed E-state index contributed by atoms with van der Waals surface area (Å²) in [6.45, 7) is 0. The Morgan fingerprint density at radius 3 is 2.42 bits per heavy atom. The van der Waals surface area contributed by atoms with E-state index < -0.39 is 47.6 Å². The third-order valence-electron chi connectivity index (χ3n) is 2.21. The van der Waals surface area contributed by atoms with Gasteiger partial charge < -0.3 is 9.84 Å². The summed E-state index contributed by atoms with van der Waals surface area (Å²) in [5, 5.41) is 8.57. The number of carboxylic acids is 1. The molecule has 0 spiro atoms. The highest BCUT2D eigenvalue weighted by molar-refractivity contribution is 5.72. The minimum atomic E-state index is -5.13. The standard InChI is InChI=1S/C10H8F5NO3/c1-19-9-4(2-6(17)18)7(10(13,14)15)5(3-16-9)8(11)12/h3,8H,2H2,1H3,(H,17,18). The van der Waals surface area contributed by atoms with Crippen LogP contribution in [0.3, 0.4) is 0 Å². The zero-order valence-electron chi connectivity index (χ0n) is 9.46. The molecule has 0 amide bonds. The molecule has 4 nitrogen and oxygen atoms in total. The van der Waals surface area contributed by atoms with Crippen LogP contribution in [0.4, 0.5) is 22.0 Å². The van der Waals surface area contributed by atoms with Gasteiger partial charge >= 0.3 is 12.1 Å². The SMILES string of the molecule is COc1ncc(C(F)F)c(C(F)(F)F)c1CC(=O)O. The monoisotopic (exact) mass is 285 g/mol. The van der Waals surface area contributed by atoms with E-state index in [-0.39, 0.29) is 0 Å². The van der Waals surface area contributed by atoms with Crippen LogP contribution in [0, 0.1) is 0 Å². The molecule has 0 fully saturated rings. The fraction of sp³-hybridized carbons (Fsp3) is 0.400. The van der Waals surface area contributed by atoms with E-state index in [4.69, 9.17) is 5.11 Å². The van der Waals surface area contributed by atoms with Gasteiger partial charge in [0, 0.05) is 17.3 Å². The number of aliphatic carboxylic acids is 1. The molecule has 0 aliphatic rings. The third-order valence-corrected chi connectivity index (χ3v) is 2.21. The number of halogens is 5. The lowest BCUT2D eigenvalue weighted by molar-refractivity contribution is -0.141. The fourth-order valence-corrected chi connectivity index (χ4v) is 1.54. The average Bonchev–Trinajstić information content (AvgIpc) is 2.25. The Balaban J connectivity index is 3.61. The van der Waals surface area contributed by atoms with Crippen molar-refractivity contribution in [1.29, 1.82) is 0 Å². The number of hydrogen-bond acceptors (Lipinski definition) is 3. The predicted octanol–water partition coefficient (Wildman–Crippen LogP) is 2.67. The molecule has 0 aliphatic heterocycles. The Hall–Kier alpha value is -1.93. The van der Waals surface area contributed by atoms with E-state index in [1.165, 1.54) is 0 Å². The molecular formula is C10H8F5NO3. The molecule has 1 heterocycles. The first kappa shape index (κ1) is 15.1. The second-order valence-electron chi connectivity index (χ2n) is 3.45. The Kier molecular flexibility index (Phi) is 4.28. The Bertz CT molecular complexity index is 487. The molecule has 0 radical (unpaired) electrons. The van der Waals surface area contributed by atoms with Crippen LogP contribution < -0.4 is 4.74 Å². The quantitative estimate of drug-likeness (QED) is 0.864. The highest BCUT2D eigenvalue weighted by Crippen LogP contribution is 2.41. The maximum atomic E-state index is 12.8. The Morgan fingerprint density at radius 2 is 2.05 bits per heavy atom. The molecule has 0 bridgehead atoms. The van der Waals surface area contributed by atoms with E-state index in [1.54, 1.807) is 0 Å². The lowest BCUT2D eigenvalue weighted by Gasteiger charge is -2.17. The van der Waals surface area contributed by atoms with Crippen molar-refractivity contribution < 1.29 is 36.6 Å². The summed E-state index contributed by atoms with van der Waals surface area (Å²) in [4.78, 5) is 13.8. The topological polar surface area (TPSA) is 59.4 Å². The van der Waals surface area contributed by atoms with Crippen LogP contribution in [0.2, 0.25) is 0 Å². The number of rotatable bonds is 4. The summed E-state index contributed by atoms with van der Waals surface area (Å²) in [6, 6.07) is 0. The first-order valence-corrected chi connectivity index (χ1v) is 4.81. The number of methoxy groups -OCH3 is 1. The smallest absolute Gasteiger partial charge is 0.417 e. The lowest BCUT2D eigenvalue weighted by atomic mass is 10.0. The summed E-state index contributed by atoms with van der Waals surface area (Å²) in [5.41, 5.74) is -4.00. The van der Waals surface area contributed by atoms with Crippen molar-refractivity contribution in [3.05, 3.63) is 22.9 Å². The normalized spacial score (nSPS) is 11.7. The van der Waals surface area contributed by atoms with Crippen LogP contribution in [0.5, 0.6) is 5.88 Å². The fourth-order valence-electron chi connectivity index (χ4n) is 1.54. The first-order valence-electron chi connectivity index (χ1n) is 4.81. The van der Waals surface area contributed by atoms with Gasteiger partial charge in [-0.05, 0) is 0 Å². The highest BCUT2D eigenvalue weighted by atomic mass is 19.4. The molecule has 19 heavy (non-hydrogen) atoms. The number of ether oxygens (including phenoxy) is 1. The molecule has 106 valence electrons. The molecule has 0 unspecified atom stereocenters. The summed E-state index contributed by atoms with van der Waals surface area (Å²) in [7, 11) is 0.968. The second-order valence-corrected chi connectivity index (χ2v) is 3.45. The largest absolute Gasteiger partial charge is 0.481 e. The van der Waals surface area contributed by atoms with E-state index in [0.29, 0.717) is 6.20 Å². The van der Waals surface area contributed by atoms with E-state index >= 15 is 0 Å². The van der Waals surface area contributed by atoms with Crippen molar-refractivity contribution in [2.24, 2.45) is 0 Å². The van der Waals surface area contributed by atoms with Gasteiger partial charge in [0.25, 0.3) is 6.43 Å². The van der Waals surface area contributed by atoms with Gasteiger partial charge in [-0.25, -0.2) is 13.8 Å². The van der Waals surface area contributed by atoms with Gasteiger partial charge in [0.2, 0.25) is 5.88 Å². The van der Waals surface area contributed by atoms with Crippen molar-refractivity contribution in [2.45, 2.75) is 19.0 Å². The predicted molar refractivity (Wildman–Crippen MR) is 52.1 cm³/mol. The van der Waals surface area contributed by atoms with Crippen LogP contribution >= 0.6 is 0 Å². The first-order chi connectivity index (χ1) is 8.68. The van der Waals surface area contributed by atoms with E-state index in [0.717, 1.165) is 7.11 Å². The minimum absolute atomic E-state index is 0.331. The lowest BCUT2D eigenvalue weighted by Crippen LogP contribution is -2.17. The van der Waals surface area contributed by atoms with Crippen LogP contribution in [0.15, 0.2) is 6.20 Å². The molecule has 0 saturated carbocycles. The maximum absolute atomic E-state index is 12.8. The van der Waals surface area contributed by atoms with Gasteiger partial charge in [0.05, 0.1) is 19.1 Å². The van der Waals surface area contributed by atoms with Gasteiger partial charge in [-0.3, -0.25) is 4.79 Å². The molecule has 0 atom stereocenters. The zero-order valence-corrected chi connectivity index (χ0v) is 9.46. The molecule has 0 saturated heterocycles. The molecule has 9 heteroatoms. The minimum Gasteiger partial charge on any atom is -0.481 e. The van der Waals surface area contributed by atoms with Crippen molar-refractivity contribution in [1.82, 2.24) is 4.98 Å². The van der Waals surface area contributed by atoms with E-state index in [9.17, 15) is 26.7 Å². The van der Waals surface area contributed by atoms with Crippen molar-refractivity contribution in [3.8, 4) is 5.88 Å². The average molecular weight is 285 g/mol. The number of carbonyl (C=O) groups is 1. The second kappa shape index (κ2) is 5.37. The van der Waals surface area contributed by atoms with Crippen LogP contribution in [0.25, 0.3) is 0 Å². The van der Waals surface area contributed by atoms with Gasteiger partial charge in [-0.15, -0.1) is 0 Å². The summed E-state index contributed by atoms with van der Waals surface area (Å²) < 4.78 is 68.1. The Labute approximate surface area is 103 Å². The molecule has 1 N–H and O–H groups in total. The third kappa shape index (κ3) is 3.30. The molecule has 1 aromatic rings. The molecule has 0 aliphatic carbocycles. The molecule has 1 rings (SSSR count). The molecular weight excluding hydrogens is 277 g/mol. The number of nitrogens with zero attached hydrogens (tertiary/aromatic N) is 1. The zero-order chi connectivity index (χ0) is 14.8. The molecule has 1 aromatic heterocycles. The highest BCUT2D eigenvalue weighted by Gasteiger charge is 2.40. The number of hydrogen-bond donors (Lipinski definition) is 1. The van der Waals surface area contributed by atoms with Crippen LogP contribution in [-0.4, -0.2) is 23.2 Å². The summed E-state index contributed by atoms with van der Waals surface area (Å²) >= 11 is 0. The van der Waals surface area contributed by atoms with Crippen LogP contribution in [0.1, 0.15) is 23.1 Å². The molecule has 0 aromatic carbocycles. The van der Waals surface area contributed by atoms with Crippen LogP contribution in [-0.2, 0) is 17.4 Å². The number of pyridine rings is 1. The van der Waals surface area contributed by atoms with Gasteiger partial charge in [-0.2, -0.15) is 13.2 Å². The van der Waals surface area contributed by atoms with Crippen molar-refractivity contribution in [3.63, 3.8) is 0 Å². The van der Waals surface area contributed by atoms with Crippen molar-refractivity contribution in [2.75, 3.05) is 7.11 Å². The number of alkyl halides is 5. The van der Waals surface area contributed by atoms with E-state index in [1.807, 2.05) is 0 Å². The number of aromatic nitrogens is 1. The maximum Gasteiger partial charge on any atom is 0.417 e. The van der Waals surface area contributed by atoms with Crippen molar-refractivity contribution >= 4 is 5.97 Å². The summed E-state index contributed by atoms with van der Waals surface area (Å²) in [5.74, 6) is -2.25. The van der Waals surface area contributed by atoms with Gasteiger partial charge in [-0.1, -0.05) is 0 Å².